The third kappa shape index (κ3) is 3.75. The number of nitrogens with zero attached hydrogens (tertiary/aromatic N) is 1. The molecule has 3 atom stereocenters. The molecule has 118 valence electrons. The second kappa shape index (κ2) is 6.34. The number of hydrogen-bond acceptors (Lipinski definition) is 4. The smallest absolute Gasteiger partial charge is 0.240 e. The first kappa shape index (κ1) is 16.3. The molecular formula is C15H25N3O2S. The topological polar surface area (TPSA) is 61.4 Å². The second-order valence-electron chi connectivity index (χ2n) is 5.99. The van der Waals surface area contributed by atoms with Crippen LogP contribution in [0.3, 0.4) is 0 Å². The first-order chi connectivity index (χ1) is 9.83. The lowest BCUT2D eigenvalue weighted by Crippen LogP contribution is -2.48. The predicted octanol–water partition coefficient (Wildman–Crippen LogP) is 1.74. The van der Waals surface area contributed by atoms with Crippen molar-refractivity contribution in [3.63, 3.8) is 0 Å². The summed E-state index contributed by atoms with van der Waals surface area (Å²) < 4.78 is 26.1. The van der Waals surface area contributed by atoms with Crippen molar-refractivity contribution in [3.8, 4) is 0 Å². The Labute approximate surface area is 127 Å². The number of rotatable bonds is 4. The second-order valence-corrected chi connectivity index (χ2v) is 7.87. The van der Waals surface area contributed by atoms with Crippen molar-refractivity contribution < 1.29 is 8.42 Å². The molecule has 1 aliphatic heterocycles. The molecule has 0 radical (unpaired) electrons. The van der Waals surface area contributed by atoms with Crippen LogP contribution in [-0.4, -0.2) is 46.0 Å². The van der Waals surface area contributed by atoms with Crippen LogP contribution in [0.2, 0.25) is 0 Å². The van der Waals surface area contributed by atoms with Crippen molar-refractivity contribution in [3.05, 3.63) is 24.3 Å². The number of sulfonamides is 1. The standard InChI is InChI=1S/C15H25N3O2S/c1-11-10-18(4)12(2)8-15(11)17-13-6-5-7-14(9-13)21(19,20)16-3/h5-7,9,11-12,15-17H,8,10H2,1-4H3. The summed E-state index contributed by atoms with van der Waals surface area (Å²) in [5.74, 6) is 0.524. The van der Waals surface area contributed by atoms with Crippen LogP contribution in [0.4, 0.5) is 5.69 Å². The van der Waals surface area contributed by atoms with Gasteiger partial charge in [-0.15, -0.1) is 0 Å². The van der Waals surface area contributed by atoms with E-state index >= 15 is 0 Å². The Balaban J connectivity index is 2.15. The minimum absolute atomic E-state index is 0.295. The van der Waals surface area contributed by atoms with E-state index in [9.17, 15) is 8.42 Å². The van der Waals surface area contributed by atoms with E-state index in [1.807, 2.05) is 6.07 Å². The zero-order valence-corrected chi connectivity index (χ0v) is 13.9. The predicted molar refractivity (Wildman–Crippen MR) is 86.0 cm³/mol. The zero-order chi connectivity index (χ0) is 15.6. The lowest BCUT2D eigenvalue weighted by molar-refractivity contribution is 0.145. The number of hydrogen-bond donors (Lipinski definition) is 2. The van der Waals surface area contributed by atoms with Crippen molar-refractivity contribution in [2.75, 3.05) is 26.0 Å². The molecule has 1 fully saturated rings. The van der Waals surface area contributed by atoms with E-state index in [1.165, 1.54) is 7.05 Å². The van der Waals surface area contributed by atoms with Crippen LogP contribution in [0.15, 0.2) is 29.2 Å². The average molecular weight is 311 g/mol. The Hall–Kier alpha value is -1.11. The summed E-state index contributed by atoms with van der Waals surface area (Å²) in [6.45, 7) is 5.50. The fourth-order valence-electron chi connectivity index (χ4n) is 2.83. The number of likely N-dealkylation sites (tertiary alicyclic amines) is 1. The molecule has 21 heavy (non-hydrogen) atoms. The van der Waals surface area contributed by atoms with Crippen LogP contribution in [0, 0.1) is 5.92 Å². The molecule has 0 saturated carbocycles. The first-order valence-corrected chi connectivity index (χ1v) is 8.82. The van der Waals surface area contributed by atoms with E-state index in [-0.39, 0.29) is 0 Å². The van der Waals surface area contributed by atoms with Crippen LogP contribution in [0.5, 0.6) is 0 Å². The van der Waals surface area contributed by atoms with Crippen molar-refractivity contribution in [1.82, 2.24) is 9.62 Å². The molecule has 1 saturated heterocycles. The monoisotopic (exact) mass is 311 g/mol. The summed E-state index contributed by atoms with van der Waals surface area (Å²) in [7, 11) is 0.184. The molecule has 0 spiro atoms. The molecule has 0 bridgehead atoms. The Bertz CT molecular complexity index is 588. The van der Waals surface area contributed by atoms with Crippen molar-refractivity contribution >= 4 is 15.7 Å². The number of nitrogens with one attached hydrogen (secondary N) is 2. The molecule has 2 rings (SSSR count). The van der Waals surface area contributed by atoms with Crippen LogP contribution in [0.1, 0.15) is 20.3 Å². The SMILES string of the molecule is CNS(=O)(=O)c1cccc(NC2CC(C)N(C)CC2C)c1. The van der Waals surface area contributed by atoms with Gasteiger partial charge in [0, 0.05) is 24.3 Å². The number of benzene rings is 1. The Kier molecular flexibility index (Phi) is 4.91. The molecule has 0 amide bonds. The van der Waals surface area contributed by atoms with E-state index in [4.69, 9.17) is 0 Å². The molecule has 6 heteroatoms. The van der Waals surface area contributed by atoms with Gasteiger partial charge in [0.25, 0.3) is 0 Å². The van der Waals surface area contributed by atoms with E-state index in [2.05, 4.69) is 35.8 Å². The van der Waals surface area contributed by atoms with Crippen LogP contribution in [0.25, 0.3) is 0 Å². The van der Waals surface area contributed by atoms with Gasteiger partial charge in [0.1, 0.15) is 0 Å². The average Bonchev–Trinajstić information content (AvgIpc) is 2.45. The highest BCUT2D eigenvalue weighted by molar-refractivity contribution is 7.89. The van der Waals surface area contributed by atoms with Crippen LogP contribution in [-0.2, 0) is 10.0 Å². The molecule has 1 aromatic rings. The minimum atomic E-state index is -3.39. The largest absolute Gasteiger partial charge is 0.382 e. The maximum Gasteiger partial charge on any atom is 0.240 e. The van der Waals surface area contributed by atoms with Gasteiger partial charge in [0.2, 0.25) is 10.0 Å². The fourth-order valence-corrected chi connectivity index (χ4v) is 3.60. The fraction of sp³-hybridized carbons (Fsp3) is 0.600. The molecule has 0 aromatic heterocycles. The van der Waals surface area contributed by atoms with Crippen molar-refractivity contribution in [2.24, 2.45) is 5.92 Å². The summed E-state index contributed by atoms with van der Waals surface area (Å²) in [6.07, 6.45) is 1.06. The third-order valence-electron chi connectivity index (χ3n) is 4.38. The summed E-state index contributed by atoms with van der Waals surface area (Å²) in [5.41, 5.74) is 0.861. The normalized spacial score (nSPS) is 27.5. The summed E-state index contributed by atoms with van der Waals surface area (Å²) in [4.78, 5) is 2.66. The highest BCUT2D eigenvalue weighted by Crippen LogP contribution is 2.25. The highest BCUT2D eigenvalue weighted by atomic mass is 32.2. The zero-order valence-electron chi connectivity index (χ0n) is 13.1. The lowest BCUT2D eigenvalue weighted by Gasteiger charge is -2.40. The van der Waals surface area contributed by atoms with Gasteiger partial charge in [0.15, 0.2) is 0 Å². The Morgan fingerprint density at radius 1 is 1.29 bits per heavy atom. The van der Waals surface area contributed by atoms with Gasteiger partial charge in [0.05, 0.1) is 4.90 Å². The van der Waals surface area contributed by atoms with Crippen molar-refractivity contribution in [2.45, 2.75) is 37.2 Å². The molecule has 2 N–H and O–H groups in total. The summed E-state index contributed by atoms with van der Waals surface area (Å²) >= 11 is 0. The van der Waals surface area contributed by atoms with Gasteiger partial charge in [-0.3, -0.25) is 0 Å². The number of piperidine rings is 1. The first-order valence-electron chi connectivity index (χ1n) is 7.34. The maximum atomic E-state index is 11.9. The van der Waals surface area contributed by atoms with E-state index in [0.29, 0.717) is 22.9 Å². The van der Waals surface area contributed by atoms with Crippen LogP contribution < -0.4 is 10.0 Å². The highest BCUT2D eigenvalue weighted by Gasteiger charge is 2.28. The Morgan fingerprint density at radius 2 is 2.00 bits per heavy atom. The Morgan fingerprint density at radius 3 is 2.67 bits per heavy atom. The van der Waals surface area contributed by atoms with E-state index < -0.39 is 10.0 Å². The maximum absolute atomic E-state index is 11.9. The van der Waals surface area contributed by atoms with Gasteiger partial charge < -0.3 is 10.2 Å². The molecule has 0 aliphatic carbocycles. The van der Waals surface area contributed by atoms with Gasteiger partial charge in [-0.2, -0.15) is 0 Å². The number of anilines is 1. The summed E-state index contributed by atoms with van der Waals surface area (Å²) in [5, 5.41) is 3.50. The lowest BCUT2D eigenvalue weighted by atomic mass is 9.89. The van der Waals surface area contributed by atoms with Gasteiger partial charge in [-0.05, 0) is 51.6 Å². The van der Waals surface area contributed by atoms with Crippen molar-refractivity contribution in [1.29, 1.82) is 0 Å². The molecule has 1 heterocycles. The molecule has 3 unspecified atom stereocenters. The summed E-state index contributed by atoms with van der Waals surface area (Å²) in [6, 6.07) is 7.89. The van der Waals surface area contributed by atoms with Gasteiger partial charge >= 0.3 is 0 Å². The molecule has 5 nitrogen and oxygen atoms in total. The van der Waals surface area contributed by atoms with E-state index in [1.54, 1.807) is 18.2 Å². The van der Waals surface area contributed by atoms with E-state index in [0.717, 1.165) is 18.7 Å². The molecular weight excluding hydrogens is 286 g/mol. The molecule has 1 aromatic carbocycles. The van der Waals surface area contributed by atoms with Gasteiger partial charge in [-0.25, -0.2) is 13.1 Å². The van der Waals surface area contributed by atoms with Gasteiger partial charge in [-0.1, -0.05) is 13.0 Å². The minimum Gasteiger partial charge on any atom is -0.382 e. The quantitative estimate of drug-likeness (QED) is 0.889. The van der Waals surface area contributed by atoms with Crippen LogP contribution >= 0.6 is 0 Å². The third-order valence-corrected chi connectivity index (χ3v) is 5.79. The molecule has 1 aliphatic rings.